The molecule has 5 nitrogen and oxygen atoms in total. The van der Waals surface area contributed by atoms with Gasteiger partial charge in [-0.2, -0.15) is 0 Å². The molecule has 22 heavy (non-hydrogen) atoms. The van der Waals surface area contributed by atoms with Gasteiger partial charge in [0, 0.05) is 19.0 Å². The zero-order valence-corrected chi connectivity index (χ0v) is 12.6. The number of amides is 1. The SMILES string of the molecule is C=CC(=O)OCCOc1ccccc1.C=CN1CCCC1=O. The molecule has 1 aromatic carbocycles. The predicted molar refractivity (Wildman–Crippen MR) is 84.2 cm³/mol. The molecule has 0 N–H and O–H groups in total. The van der Waals surface area contributed by atoms with E-state index in [0.29, 0.717) is 13.0 Å². The van der Waals surface area contributed by atoms with Gasteiger partial charge in [0.15, 0.2) is 0 Å². The number of hydrogen-bond acceptors (Lipinski definition) is 4. The fourth-order valence-electron chi connectivity index (χ4n) is 1.74. The number of carbonyl (C=O) groups excluding carboxylic acids is 2. The molecule has 0 unspecified atom stereocenters. The second-order valence-electron chi connectivity index (χ2n) is 4.41. The van der Waals surface area contributed by atoms with Crippen molar-refractivity contribution < 1.29 is 19.1 Å². The van der Waals surface area contributed by atoms with Gasteiger partial charge in [0.05, 0.1) is 0 Å². The Morgan fingerprint density at radius 3 is 2.45 bits per heavy atom. The highest BCUT2D eigenvalue weighted by Crippen LogP contribution is 2.08. The topological polar surface area (TPSA) is 55.8 Å². The Balaban J connectivity index is 0.000000255. The first-order valence-corrected chi connectivity index (χ1v) is 7.06. The van der Waals surface area contributed by atoms with Gasteiger partial charge in [0.2, 0.25) is 5.91 Å². The van der Waals surface area contributed by atoms with Crippen LogP contribution in [0.5, 0.6) is 5.75 Å². The summed E-state index contributed by atoms with van der Waals surface area (Å²) in [4.78, 5) is 22.9. The van der Waals surface area contributed by atoms with Gasteiger partial charge in [-0.1, -0.05) is 31.4 Å². The van der Waals surface area contributed by atoms with E-state index in [1.165, 1.54) is 0 Å². The molecule has 5 heteroatoms. The monoisotopic (exact) mass is 303 g/mol. The van der Waals surface area contributed by atoms with Crippen LogP contribution in [0.1, 0.15) is 12.8 Å². The van der Waals surface area contributed by atoms with Crippen LogP contribution in [0.4, 0.5) is 0 Å². The van der Waals surface area contributed by atoms with E-state index in [9.17, 15) is 9.59 Å². The summed E-state index contributed by atoms with van der Waals surface area (Å²) in [5.74, 6) is 0.545. The predicted octanol–water partition coefficient (Wildman–Crippen LogP) is 2.55. The van der Waals surface area contributed by atoms with Crippen LogP contribution in [0.25, 0.3) is 0 Å². The zero-order chi connectivity index (χ0) is 16.2. The Morgan fingerprint density at radius 2 is 1.95 bits per heavy atom. The quantitative estimate of drug-likeness (QED) is 0.460. The molecule has 1 saturated heterocycles. The lowest BCUT2D eigenvalue weighted by molar-refractivity contribution is -0.138. The van der Waals surface area contributed by atoms with E-state index in [2.05, 4.69) is 13.2 Å². The molecule has 0 radical (unpaired) electrons. The number of likely N-dealkylation sites (tertiary alicyclic amines) is 1. The van der Waals surface area contributed by atoms with Crippen molar-refractivity contribution in [2.75, 3.05) is 19.8 Å². The molecule has 0 spiro atoms. The zero-order valence-electron chi connectivity index (χ0n) is 12.6. The Morgan fingerprint density at radius 1 is 1.23 bits per heavy atom. The molecule has 118 valence electrons. The lowest BCUT2D eigenvalue weighted by Crippen LogP contribution is -2.16. The van der Waals surface area contributed by atoms with Gasteiger partial charge >= 0.3 is 5.97 Å². The highest BCUT2D eigenvalue weighted by atomic mass is 16.6. The molecule has 0 aliphatic carbocycles. The maximum Gasteiger partial charge on any atom is 0.330 e. The number of hydrogen-bond donors (Lipinski definition) is 0. The maximum absolute atomic E-state index is 10.7. The van der Waals surface area contributed by atoms with Gasteiger partial charge in [-0.3, -0.25) is 4.79 Å². The van der Waals surface area contributed by atoms with Crippen LogP contribution in [-0.2, 0) is 14.3 Å². The number of para-hydroxylation sites is 1. The largest absolute Gasteiger partial charge is 0.490 e. The van der Waals surface area contributed by atoms with Crippen molar-refractivity contribution in [3.8, 4) is 5.75 Å². The highest BCUT2D eigenvalue weighted by Gasteiger charge is 2.15. The van der Waals surface area contributed by atoms with Gasteiger partial charge in [0.1, 0.15) is 19.0 Å². The summed E-state index contributed by atoms with van der Waals surface area (Å²) in [6, 6.07) is 9.35. The van der Waals surface area contributed by atoms with Crippen molar-refractivity contribution in [1.29, 1.82) is 0 Å². The lowest BCUT2D eigenvalue weighted by atomic mass is 10.3. The van der Waals surface area contributed by atoms with Crippen LogP contribution >= 0.6 is 0 Å². The summed E-state index contributed by atoms with van der Waals surface area (Å²) < 4.78 is 10.0. The summed E-state index contributed by atoms with van der Waals surface area (Å²) in [6.45, 7) is 8.23. The fraction of sp³-hybridized carbons (Fsp3) is 0.294. The van der Waals surface area contributed by atoms with Gasteiger partial charge in [-0.05, 0) is 24.8 Å². The Kier molecular flexibility index (Phi) is 8.12. The molecule has 1 amide bonds. The first-order chi connectivity index (χ1) is 10.7. The Bertz CT molecular complexity index is 499. The first kappa shape index (κ1) is 17.5. The van der Waals surface area contributed by atoms with E-state index in [0.717, 1.165) is 24.8 Å². The van der Waals surface area contributed by atoms with Crippen molar-refractivity contribution in [2.24, 2.45) is 0 Å². The van der Waals surface area contributed by atoms with Gasteiger partial charge in [-0.15, -0.1) is 0 Å². The molecule has 1 aromatic rings. The molecule has 0 atom stereocenters. The van der Waals surface area contributed by atoms with Gasteiger partial charge in [0.25, 0.3) is 0 Å². The second kappa shape index (κ2) is 10.2. The minimum absolute atomic E-state index is 0.208. The summed E-state index contributed by atoms with van der Waals surface area (Å²) in [5.41, 5.74) is 0. The van der Waals surface area contributed by atoms with Crippen LogP contribution in [0.15, 0.2) is 55.8 Å². The molecule has 1 heterocycles. The van der Waals surface area contributed by atoms with E-state index >= 15 is 0 Å². The van der Waals surface area contributed by atoms with Crippen LogP contribution in [0.3, 0.4) is 0 Å². The van der Waals surface area contributed by atoms with E-state index in [4.69, 9.17) is 9.47 Å². The lowest BCUT2D eigenvalue weighted by Gasteiger charge is -2.05. The van der Waals surface area contributed by atoms with E-state index in [1.807, 2.05) is 30.3 Å². The van der Waals surface area contributed by atoms with Crippen molar-refractivity contribution >= 4 is 11.9 Å². The third-order valence-electron chi connectivity index (χ3n) is 2.84. The molecular weight excluding hydrogens is 282 g/mol. The minimum Gasteiger partial charge on any atom is -0.490 e. The summed E-state index contributed by atoms with van der Waals surface area (Å²) in [6.07, 6.45) is 4.41. The standard InChI is InChI=1S/C11H12O3.C6H9NO/c1-2-11(12)14-9-8-13-10-6-4-3-5-7-10;1-2-7-5-3-4-6(7)8/h2-7H,1,8-9H2;2H,1,3-5H2. The maximum atomic E-state index is 10.7. The number of esters is 1. The number of benzene rings is 1. The van der Waals surface area contributed by atoms with Crippen LogP contribution in [0.2, 0.25) is 0 Å². The average Bonchev–Trinajstić information content (AvgIpc) is 2.98. The van der Waals surface area contributed by atoms with Crippen molar-refractivity contribution in [1.82, 2.24) is 4.90 Å². The summed E-state index contributed by atoms with van der Waals surface area (Å²) >= 11 is 0. The van der Waals surface area contributed by atoms with Crippen molar-refractivity contribution in [3.05, 3.63) is 55.8 Å². The summed E-state index contributed by atoms with van der Waals surface area (Å²) in [7, 11) is 0. The minimum atomic E-state index is -0.429. The fourth-order valence-corrected chi connectivity index (χ4v) is 1.74. The molecule has 0 aromatic heterocycles. The first-order valence-electron chi connectivity index (χ1n) is 7.06. The number of carbonyl (C=O) groups is 2. The molecule has 1 aliphatic rings. The van der Waals surface area contributed by atoms with E-state index < -0.39 is 5.97 Å². The molecular formula is C17H21NO4. The third kappa shape index (κ3) is 6.74. The molecule has 1 aliphatic heterocycles. The van der Waals surface area contributed by atoms with Crippen molar-refractivity contribution in [2.45, 2.75) is 12.8 Å². The van der Waals surface area contributed by atoms with E-state index in [-0.39, 0.29) is 12.5 Å². The molecule has 2 rings (SSSR count). The molecule has 1 fully saturated rings. The normalized spacial score (nSPS) is 12.9. The highest BCUT2D eigenvalue weighted by molar-refractivity contribution is 5.81. The van der Waals surface area contributed by atoms with Crippen molar-refractivity contribution in [3.63, 3.8) is 0 Å². The van der Waals surface area contributed by atoms with E-state index in [1.54, 1.807) is 11.1 Å². The van der Waals surface area contributed by atoms with Crippen LogP contribution in [-0.4, -0.2) is 36.5 Å². The Hall–Kier alpha value is -2.56. The van der Waals surface area contributed by atoms with Gasteiger partial charge in [-0.25, -0.2) is 4.79 Å². The van der Waals surface area contributed by atoms with Crippen LogP contribution < -0.4 is 4.74 Å². The summed E-state index contributed by atoms with van der Waals surface area (Å²) in [5, 5.41) is 0. The Labute approximate surface area is 130 Å². The van der Waals surface area contributed by atoms with Gasteiger partial charge < -0.3 is 14.4 Å². The third-order valence-corrected chi connectivity index (χ3v) is 2.84. The average molecular weight is 303 g/mol. The number of nitrogens with zero attached hydrogens (tertiary/aromatic N) is 1. The molecule has 0 bridgehead atoms. The number of ether oxygens (including phenoxy) is 2. The number of rotatable bonds is 6. The smallest absolute Gasteiger partial charge is 0.330 e. The molecule has 0 saturated carbocycles. The van der Waals surface area contributed by atoms with Crippen LogP contribution in [0, 0.1) is 0 Å². The second-order valence-corrected chi connectivity index (χ2v) is 4.41.